The lowest BCUT2D eigenvalue weighted by molar-refractivity contribution is -0.125. The molecule has 0 fully saturated rings. The van der Waals surface area contributed by atoms with Crippen LogP contribution in [0, 0.1) is 4.77 Å². The number of carbonyl (C=O) groups excluding carboxylic acids is 2. The van der Waals surface area contributed by atoms with E-state index in [4.69, 9.17) is 17.0 Å². The molecule has 156 valence electrons. The highest BCUT2D eigenvalue weighted by atomic mass is 32.1. The number of hydrogen-bond donors (Lipinski definition) is 1. The van der Waals surface area contributed by atoms with E-state index in [9.17, 15) is 14.4 Å². The zero-order valence-electron chi connectivity index (χ0n) is 17.0. The van der Waals surface area contributed by atoms with E-state index in [0.29, 0.717) is 22.4 Å². The molecule has 0 spiro atoms. The number of fused-ring (bicyclic) bond motifs is 2. The Bertz CT molecular complexity index is 1300. The van der Waals surface area contributed by atoms with Crippen molar-refractivity contribution >= 4 is 51.1 Å². The molecule has 0 radical (unpaired) electrons. The maximum atomic E-state index is 13.2. The van der Waals surface area contributed by atoms with E-state index < -0.39 is 12.1 Å². The van der Waals surface area contributed by atoms with E-state index in [-0.39, 0.29) is 22.0 Å². The molecule has 0 saturated heterocycles. The summed E-state index contributed by atoms with van der Waals surface area (Å²) in [7, 11) is 1.65. The first-order valence-corrected chi connectivity index (χ1v) is 10.8. The fourth-order valence-corrected chi connectivity index (χ4v) is 5.02. The molecule has 0 aliphatic carbocycles. The highest BCUT2D eigenvalue weighted by Gasteiger charge is 2.30. The molecule has 7 nitrogen and oxygen atoms in total. The summed E-state index contributed by atoms with van der Waals surface area (Å²) in [6, 6.07) is 5.98. The number of H-pyrrole nitrogens is 1. The second-order valence-corrected chi connectivity index (χ2v) is 8.82. The number of nitrogens with zero attached hydrogens (tertiary/aromatic N) is 2. The Morgan fingerprint density at radius 3 is 2.77 bits per heavy atom. The average molecular weight is 444 g/mol. The first-order valence-electron chi connectivity index (χ1n) is 9.62. The van der Waals surface area contributed by atoms with Crippen molar-refractivity contribution in [3.05, 3.63) is 49.8 Å². The number of ether oxygens (including phenoxy) is 1. The van der Waals surface area contributed by atoms with Gasteiger partial charge in [0.1, 0.15) is 10.6 Å². The maximum absolute atomic E-state index is 13.2. The van der Waals surface area contributed by atoms with Crippen molar-refractivity contribution in [1.82, 2.24) is 9.55 Å². The normalized spacial score (nSPS) is 17.0. The summed E-state index contributed by atoms with van der Waals surface area (Å²) < 4.78 is 7.14. The number of ketones is 1. The van der Waals surface area contributed by atoms with Gasteiger partial charge in [0.25, 0.3) is 11.5 Å². The van der Waals surface area contributed by atoms with E-state index in [0.717, 1.165) is 16.1 Å². The van der Waals surface area contributed by atoms with Crippen LogP contribution in [-0.4, -0.2) is 34.4 Å². The van der Waals surface area contributed by atoms with Crippen molar-refractivity contribution in [2.45, 2.75) is 39.3 Å². The molecule has 2 aromatic heterocycles. The zero-order chi connectivity index (χ0) is 21.7. The number of benzene rings is 1. The minimum atomic E-state index is -0.807. The topological polar surface area (TPSA) is 84.4 Å². The number of rotatable bonds is 4. The van der Waals surface area contributed by atoms with Gasteiger partial charge in [-0.3, -0.25) is 19.0 Å². The maximum Gasteiger partial charge on any atom is 0.267 e. The van der Waals surface area contributed by atoms with Crippen LogP contribution in [0.1, 0.15) is 42.0 Å². The number of anilines is 1. The predicted molar refractivity (Wildman–Crippen MR) is 120 cm³/mol. The number of aromatic amines is 1. The molecule has 30 heavy (non-hydrogen) atoms. The molecule has 1 aromatic carbocycles. The van der Waals surface area contributed by atoms with Gasteiger partial charge >= 0.3 is 0 Å². The molecule has 2 atom stereocenters. The van der Waals surface area contributed by atoms with Crippen LogP contribution in [0.5, 0.6) is 5.75 Å². The SMILES string of the molecule is CCc1cc2c(=O)n(C(C)C(=O)c3ccc4c(c3)N(C)C(=O)C(C)O4)c(=S)[nH]c2s1. The average Bonchev–Trinajstić information content (AvgIpc) is 3.14. The Kier molecular flexibility index (Phi) is 5.11. The van der Waals surface area contributed by atoms with Crippen LogP contribution in [0.15, 0.2) is 29.1 Å². The smallest absolute Gasteiger partial charge is 0.267 e. The highest BCUT2D eigenvalue weighted by Crippen LogP contribution is 2.34. The van der Waals surface area contributed by atoms with Gasteiger partial charge in [0.2, 0.25) is 0 Å². The Hall–Kier alpha value is -2.78. The van der Waals surface area contributed by atoms with Gasteiger partial charge < -0.3 is 14.6 Å². The quantitative estimate of drug-likeness (QED) is 0.489. The fraction of sp³-hybridized carbons (Fsp3) is 0.333. The van der Waals surface area contributed by atoms with Gasteiger partial charge in [-0.1, -0.05) is 6.92 Å². The van der Waals surface area contributed by atoms with E-state index >= 15 is 0 Å². The molecule has 3 aromatic rings. The van der Waals surface area contributed by atoms with Gasteiger partial charge in [0.15, 0.2) is 16.7 Å². The zero-order valence-corrected chi connectivity index (χ0v) is 18.6. The number of thiophene rings is 1. The van der Waals surface area contributed by atoms with E-state index in [1.165, 1.54) is 20.8 Å². The van der Waals surface area contributed by atoms with Crippen molar-refractivity contribution in [2.75, 3.05) is 11.9 Å². The summed E-state index contributed by atoms with van der Waals surface area (Å²) in [5.41, 5.74) is 0.613. The lowest BCUT2D eigenvalue weighted by Crippen LogP contribution is -2.42. The van der Waals surface area contributed by atoms with E-state index in [1.807, 2.05) is 13.0 Å². The number of likely N-dealkylation sites (N-methyl/N-ethyl adjacent to an activating group) is 1. The minimum Gasteiger partial charge on any atom is -0.479 e. The second kappa shape index (κ2) is 7.48. The molecule has 0 saturated carbocycles. The van der Waals surface area contributed by atoms with Crippen molar-refractivity contribution in [3.63, 3.8) is 0 Å². The van der Waals surface area contributed by atoms with Gasteiger partial charge in [-0.15, -0.1) is 11.3 Å². The lowest BCUT2D eigenvalue weighted by Gasteiger charge is -2.30. The van der Waals surface area contributed by atoms with Crippen molar-refractivity contribution in [1.29, 1.82) is 0 Å². The third kappa shape index (κ3) is 3.18. The van der Waals surface area contributed by atoms with Crippen LogP contribution in [0.25, 0.3) is 10.2 Å². The number of amides is 1. The standard InChI is InChI=1S/C21H21N3O4S2/c1-5-13-9-14-18(30-13)22-21(29)24(20(14)27)10(2)17(25)12-6-7-16-15(8-12)23(4)19(26)11(3)28-16/h6-11H,5H2,1-4H3,(H,22,29). The van der Waals surface area contributed by atoms with Gasteiger partial charge in [-0.25, -0.2) is 0 Å². The number of hydrogen-bond acceptors (Lipinski definition) is 6. The molecule has 3 heterocycles. The number of nitrogens with one attached hydrogen (secondary N) is 1. The van der Waals surface area contributed by atoms with Gasteiger partial charge in [0, 0.05) is 17.5 Å². The second-order valence-electron chi connectivity index (χ2n) is 7.29. The Balaban J connectivity index is 1.76. The molecule has 1 aliphatic heterocycles. The number of Topliss-reactive ketones (excluding diaryl/α,β-unsaturated/α-hetero) is 1. The van der Waals surface area contributed by atoms with Gasteiger partial charge in [-0.2, -0.15) is 0 Å². The van der Waals surface area contributed by atoms with Gasteiger partial charge in [-0.05, 0) is 56.8 Å². The Labute approximate surface area is 181 Å². The first kappa shape index (κ1) is 20.5. The molecule has 2 unspecified atom stereocenters. The number of aryl methyl sites for hydroxylation is 1. The molecule has 0 bridgehead atoms. The summed E-state index contributed by atoms with van der Waals surface area (Å²) in [6.07, 6.45) is 0.237. The molecule has 1 amide bonds. The number of aromatic nitrogens is 2. The summed E-state index contributed by atoms with van der Waals surface area (Å²) in [5, 5.41) is 0.531. The lowest BCUT2D eigenvalue weighted by atomic mass is 10.0. The minimum absolute atomic E-state index is 0.187. The summed E-state index contributed by atoms with van der Waals surface area (Å²) in [5.74, 6) is 0.0765. The first-order chi connectivity index (χ1) is 14.2. The van der Waals surface area contributed by atoms with Crippen molar-refractivity contribution < 1.29 is 14.3 Å². The van der Waals surface area contributed by atoms with Crippen molar-refractivity contribution in [2.24, 2.45) is 0 Å². The molecular formula is C21H21N3O4S2. The largest absolute Gasteiger partial charge is 0.479 e. The molecular weight excluding hydrogens is 422 g/mol. The molecule has 1 aliphatic rings. The Morgan fingerprint density at radius 2 is 2.07 bits per heavy atom. The molecule has 1 N–H and O–H groups in total. The predicted octanol–water partition coefficient (Wildman–Crippen LogP) is 3.87. The summed E-state index contributed by atoms with van der Waals surface area (Å²) in [6.45, 7) is 5.35. The van der Waals surface area contributed by atoms with Crippen LogP contribution < -0.4 is 15.2 Å². The fourth-order valence-electron chi connectivity index (χ4n) is 3.62. The monoisotopic (exact) mass is 443 g/mol. The molecule has 4 rings (SSSR count). The highest BCUT2D eigenvalue weighted by molar-refractivity contribution is 7.71. The van der Waals surface area contributed by atoms with E-state index in [1.54, 1.807) is 39.1 Å². The third-order valence-corrected chi connectivity index (χ3v) is 6.87. The number of carbonyl (C=O) groups is 2. The van der Waals surface area contributed by atoms with Crippen LogP contribution in [0.4, 0.5) is 5.69 Å². The summed E-state index contributed by atoms with van der Waals surface area (Å²) >= 11 is 6.89. The summed E-state index contributed by atoms with van der Waals surface area (Å²) in [4.78, 5) is 44.9. The van der Waals surface area contributed by atoms with Crippen molar-refractivity contribution in [3.8, 4) is 5.75 Å². The van der Waals surface area contributed by atoms with E-state index in [2.05, 4.69) is 4.98 Å². The van der Waals surface area contributed by atoms with Crippen LogP contribution in [0.2, 0.25) is 0 Å². The van der Waals surface area contributed by atoms with Gasteiger partial charge in [0.05, 0.1) is 17.1 Å². The third-order valence-electron chi connectivity index (χ3n) is 5.37. The molecule has 9 heteroatoms. The van der Waals surface area contributed by atoms with Crippen LogP contribution in [0.3, 0.4) is 0 Å². The van der Waals surface area contributed by atoms with Crippen LogP contribution in [-0.2, 0) is 11.2 Å². The van der Waals surface area contributed by atoms with Crippen LogP contribution >= 0.6 is 23.6 Å². The Morgan fingerprint density at radius 1 is 1.33 bits per heavy atom.